The van der Waals surface area contributed by atoms with Gasteiger partial charge in [0.05, 0.1) is 7.11 Å². The molecule has 0 fully saturated rings. The van der Waals surface area contributed by atoms with E-state index in [9.17, 15) is 4.79 Å². The minimum absolute atomic E-state index is 0.0795. The third-order valence-electron chi connectivity index (χ3n) is 4.47. The molecule has 0 heterocycles. The molecule has 0 radical (unpaired) electrons. The highest BCUT2D eigenvalue weighted by atomic mass is 16.5. The number of benzene rings is 2. The van der Waals surface area contributed by atoms with E-state index in [1.54, 1.807) is 37.5 Å². The lowest BCUT2D eigenvalue weighted by Gasteiger charge is -2.32. The van der Waals surface area contributed by atoms with Crippen molar-refractivity contribution in [1.82, 2.24) is 0 Å². The van der Waals surface area contributed by atoms with Crippen molar-refractivity contribution in [3.8, 4) is 17.2 Å². The first-order valence-corrected chi connectivity index (χ1v) is 11.0. The summed E-state index contributed by atoms with van der Waals surface area (Å²) >= 11 is 0. The molecule has 0 aliphatic carbocycles. The third-order valence-corrected chi connectivity index (χ3v) is 4.47. The zero-order chi connectivity index (χ0) is 24.3. The number of carbonyl (C=O) groups excluding carboxylic acids is 1. The molecular formula is C28H38O4. The summed E-state index contributed by atoms with van der Waals surface area (Å²) in [6, 6.07) is 11.1. The van der Waals surface area contributed by atoms with Gasteiger partial charge in [-0.2, -0.15) is 0 Å². The lowest BCUT2D eigenvalue weighted by Crippen LogP contribution is -2.28. The van der Waals surface area contributed by atoms with Gasteiger partial charge in [0.15, 0.2) is 5.78 Å². The number of methoxy groups -OCH3 is 1. The monoisotopic (exact) mass is 438 g/mol. The van der Waals surface area contributed by atoms with Crippen LogP contribution in [0.5, 0.6) is 17.2 Å². The maximum Gasteiger partial charge on any atom is 0.185 e. The van der Waals surface area contributed by atoms with Gasteiger partial charge in [-0.1, -0.05) is 26.8 Å². The average molecular weight is 439 g/mol. The average Bonchev–Trinajstić information content (AvgIpc) is 2.62. The molecule has 4 heteroatoms. The van der Waals surface area contributed by atoms with Crippen LogP contribution in [-0.4, -0.2) is 24.1 Å². The standard InChI is InChI=1S/C28H38O4/c1-26(2,3)25-23(31-27(4,5)6)17-19(18-24(25)32-28(7,8)9)11-16-22(29)20-12-14-21(30-10)15-13-20/h11-18H,1-10H3. The smallest absolute Gasteiger partial charge is 0.185 e. The second kappa shape index (κ2) is 9.40. The molecule has 0 atom stereocenters. The highest BCUT2D eigenvalue weighted by Crippen LogP contribution is 2.42. The molecule has 0 bridgehead atoms. The quantitative estimate of drug-likeness (QED) is 0.352. The maximum atomic E-state index is 12.7. The normalized spacial score (nSPS) is 12.7. The van der Waals surface area contributed by atoms with Crippen molar-refractivity contribution >= 4 is 11.9 Å². The van der Waals surface area contributed by atoms with Gasteiger partial charge >= 0.3 is 0 Å². The lowest BCUT2D eigenvalue weighted by molar-refractivity contribution is 0.104. The van der Waals surface area contributed by atoms with Crippen LogP contribution in [0.4, 0.5) is 0 Å². The highest BCUT2D eigenvalue weighted by molar-refractivity contribution is 6.06. The van der Waals surface area contributed by atoms with Crippen LogP contribution in [0.2, 0.25) is 0 Å². The Balaban J connectivity index is 2.53. The fourth-order valence-corrected chi connectivity index (χ4v) is 3.29. The molecule has 174 valence electrons. The van der Waals surface area contributed by atoms with Crippen molar-refractivity contribution in [2.24, 2.45) is 0 Å². The molecule has 0 aromatic heterocycles. The molecule has 0 spiro atoms. The molecule has 2 aromatic carbocycles. The highest BCUT2D eigenvalue weighted by Gasteiger charge is 2.29. The summed E-state index contributed by atoms with van der Waals surface area (Å²) in [6.07, 6.45) is 3.39. The first-order valence-electron chi connectivity index (χ1n) is 11.0. The van der Waals surface area contributed by atoms with Gasteiger partial charge in [-0.15, -0.1) is 0 Å². The zero-order valence-corrected chi connectivity index (χ0v) is 21.3. The predicted octanol–water partition coefficient (Wildman–Crippen LogP) is 7.24. The summed E-state index contributed by atoms with van der Waals surface area (Å²) in [6.45, 7) is 18.6. The third kappa shape index (κ3) is 7.44. The molecule has 0 saturated heterocycles. The second-order valence-electron chi connectivity index (χ2n) is 11.0. The van der Waals surface area contributed by atoms with Crippen LogP contribution in [0.1, 0.15) is 83.8 Å². The Hall–Kier alpha value is -2.75. The van der Waals surface area contributed by atoms with E-state index in [0.717, 1.165) is 28.4 Å². The van der Waals surface area contributed by atoms with E-state index in [1.165, 1.54) is 0 Å². The SMILES string of the molecule is COc1ccc(C(=O)C=Cc2cc(OC(C)(C)C)c(C(C)(C)C)c(OC(C)(C)C)c2)cc1. The summed E-state index contributed by atoms with van der Waals surface area (Å²) in [4.78, 5) is 12.7. The Morgan fingerprint density at radius 1 is 0.781 bits per heavy atom. The Morgan fingerprint density at radius 2 is 1.25 bits per heavy atom. The van der Waals surface area contributed by atoms with Crippen molar-refractivity contribution in [3.05, 3.63) is 59.2 Å². The number of rotatable bonds is 6. The molecule has 0 aliphatic heterocycles. The minimum Gasteiger partial charge on any atom is -0.497 e. The number of hydrogen-bond acceptors (Lipinski definition) is 4. The molecule has 2 aromatic rings. The Kier molecular flexibility index (Phi) is 7.49. The van der Waals surface area contributed by atoms with E-state index in [-0.39, 0.29) is 22.4 Å². The molecule has 4 nitrogen and oxygen atoms in total. The van der Waals surface area contributed by atoms with Gasteiger partial charge in [-0.3, -0.25) is 4.79 Å². The predicted molar refractivity (Wildman–Crippen MR) is 132 cm³/mol. The van der Waals surface area contributed by atoms with E-state index in [0.29, 0.717) is 5.56 Å². The molecular weight excluding hydrogens is 400 g/mol. The fraction of sp³-hybridized carbons (Fsp3) is 0.464. The zero-order valence-electron chi connectivity index (χ0n) is 21.3. The fourth-order valence-electron chi connectivity index (χ4n) is 3.29. The van der Waals surface area contributed by atoms with Crippen molar-refractivity contribution in [3.63, 3.8) is 0 Å². The van der Waals surface area contributed by atoms with Gasteiger partial charge in [0.25, 0.3) is 0 Å². The van der Waals surface area contributed by atoms with Crippen molar-refractivity contribution < 1.29 is 19.0 Å². The maximum absolute atomic E-state index is 12.7. The largest absolute Gasteiger partial charge is 0.497 e. The van der Waals surface area contributed by atoms with E-state index in [4.69, 9.17) is 14.2 Å². The van der Waals surface area contributed by atoms with Gasteiger partial charge in [-0.05, 0) is 95.0 Å². The van der Waals surface area contributed by atoms with Crippen LogP contribution >= 0.6 is 0 Å². The molecule has 0 aliphatic rings. The van der Waals surface area contributed by atoms with Crippen LogP contribution in [0.3, 0.4) is 0 Å². The first kappa shape index (κ1) is 25.5. The van der Waals surface area contributed by atoms with Crippen LogP contribution < -0.4 is 14.2 Å². The molecule has 0 unspecified atom stereocenters. The van der Waals surface area contributed by atoms with Crippen LogP contribution in [0.15, 0.2) is 42.5 Å². The first-order chi connectivity index (χ1) is 14.6. The van der Waals surface area contributed by atoms with Crippen LogP contribution in [-0.2, 0) is 5.41 Å². The topological polar surface area (TPSA) is 44.8 Å². The number of carbonyl (C=O) groups is 1. The van der Waals surface area contributed by atoms with Gasteiger partial charge in [0.1, 0.15) is 28.5 Å². The van der Waals surface area contributed by atoms with Gasteiger partial charge in [-0.25, -0.2) is 0 Å². The van der Waals surface area contributed by atoms with E-state index < -0.39 is 0 Å². The van der Waals surface area contributed by atoms with E-state index in [1.807, 2.05) is 59.8 Å². The Morgan fingerprint density at radius 3 is 1.62 bits per heavy atom. The summed E-state index contributed by atoms with van der Waals surface area (Å²) in [7, 11) is 1.60. The molecule has 0 amide bonds. The molecule has 0 N–H and O–H groups in total. The lowest BCUT2D eigenvalue weighted by atomic mass is 9.84. The number of allylic oxidation sites excluding steroid dienone is 1. The molecule has 32 heavy (non-hydrogen) atoms. The summed E-state index contributed by atoms with van der Waals surface area (Å²) < 4.78 is 17.9. The van der Waals surface area contributed by atoms with Crippen molar-refractivity contribution in [1.29, 1.82) is 0 Å². The van der Waals surface area contributed by atoms with E-state index in [2.05, 4.69) is 20.8 Å². The van der Waals surface area contributed by atoms with Crippen molar-refractivity contribution in [2.75, 3.05) is 7.11 Å². The minimum atomic E-state index is -0.375. The summed E-state index contributed by atoms with van der Waals surface area (Å²) in [5, 5.41) is 0. The Bertz CT molecular complexity index is 925. The number of ketones is 1. The van der Waals surface area contributed by atoms with Crippen LogP contribution in [0, 0.1) is 0 Å². The van der Waals surface area contributed by atoms with Gasteiger partial charge in [0.2, 0.25) is 0 Å². The van der Waals surface area contributed by atoms with Crippen LogP contribution in [0.25, 0.3) is 6.08 Å². The molecule has 2 rings (SSSR count). The van der Waals surface area contributed by atoms with E-state index >= 15 is 0 Å². The van der Waals surface area contributed by atoms with Gasteiger partial charge < -0.3 is 14.2 Å². The number of hydrogen-bond donors (Lipinski definition) is 0. The van der Waals surface area contributed by atoms with Crippen molar-refractivity contribution in [2.45, 2.75) is 78.9 Å². The second-order valence-corrected chi connectivity index (χ2v) is 11.0. The molecule has 0 saturated carbocycles. The van der Waals surface area contributed by atoms with Gasteiger partial charge in [0, 0.05) is 11.1 Å². The summed E-state index contributed by atoms with van der Waals surface area (Å²) in [5.74, 6) is 2.17. The summed E-state index contributed by atoms with van der Waals surface area (Å²) in [5.41, 5.74) is 1.52. The number of ether oxygens (including phenoxy) is 3. The Labute approximate surface area is 193 Å².